The highest BCUT2D eigenvalue weighted by Crippen LogP contribution is 2.34. The minimum atomic E-state index is -4.56. The third-order valence-corrected chi connectivity index (χ3v) is 6.77. The summed E-state index contributed by atoms with van der Waals surface area (Å²) < 4.78 is 40.4. The molecule has 5 N–H and O–H groups in total. The SMILES string of the molecule is Cc1ccc(NC(=O)N(Cc2ccc(C(=O)N=C(N)N=[NH2+])cc2)c2ccc(C3=CCCCC3)cc2)cc1C(F)(F)F. The molecule has 3 aromatic carbocycles. The van der Waals surface area contributed by atoms with Crippen LogP contribution < -0.4 is 21.5 Å². The minimum Gasteiger partial charge on any atom is -0.363 e. The number of hydrogen-bond donors (Lipinski definition) is 3. The first kappa shape index (κ1) is 29.2. The van der Waals surface area contributed by atoms with Gasteiger partial charge in [-0.2, -0.15) is 18.2 Å². The highest BCUT2D eigenvalue weighted by molar-refractivity contribution is 6.03. The molecule has 0 saturated heterocycles. The maximum absolute atomic E-state index is 13.5. The van der Waals surface area contributed by atoms with Gasteiger partial charge in [0, 0.05) is 22.1 Å². The Morgan fingerprint density at radius 1 is 1.02 bits per heavy atom. The van der Waals surface area contributed by atoms with Crippen molar-refractivity contribution < 1.29 is 28.3 Å². The summed E-state index contributed by atoms with van der Waals surface area (Å²) in [5.41, 5.74) is 13.4. The standard InChI is InChI=1S/C30H29F3N6O2/c1-19-7-14-24(17-26(19)30(31,32)33)36-29(41)39(25-15-12-22(13-16-25)21-5-3-2-4-6-21)18-20-8-10-23(11-9-20)27(40)37-28(34)38-35/h5,7-17,35H,2-4,6,18H2,1H3,(H,36,41)(H2,34,37,40)/p+1. The molecule has 0 bridgehead atoms. The molecule has 0 spiro atoms. The Kier molecular flexibility index (Phi) is 8.96. The summed E-state index contributed by atoms with van der Waals surface area (Å²) in [6.45, 7) is 1.44. The van der Waals surface area contributed by atoms with Crippen LogP contribution in [0.1, 0.15) is 58.3 Å². The van der Waals surface area contributed by atoms with Gasteiger partial charge in [0.2, 0.25) is 0 Å². The van der Waals surface area contributed by atoms with E-state index in [4.69, 9.17) is 11.3 Å². The Balaban J connectivity index is 1.62. The van der Waals surface area contributed by atoms with E-state index in [1.165, 1.54) is 41.7 Å². The molecule has 1 aliphatic rings. The van der Waals surface area contributed by atoms with Crippen molar-refractivity contribution in [1.29, 1.82) is 0 Å². The van der Waals surface area contributed by atoms with Crippen LogP contribution in [-0.4, -0.2) is 17.9 Å². The van der Waals surface area contributed by atoms with Crippen LogP contribution in [0.15, 0.2) is 82.9 Å². The van der Waals surface area contributed by atoms with E-state index in [1.54, 1.807) is 12.1 Å². The number of carbonyl (C=O) groups excluding carboxylic acids is 2. The largest absolute Gasteiger partial charge is 0.416 e. The first-order valence-electron chi connectivity index (χ1n) is 13.0. The summed E-state index contributed by atoms with van der Waals surface area (Å²) >= 11 is 0. The summed E-state index contributed by atoms with van der Waals surface area (Å²) in [6.07, 6.45) is 1.96. The zero-order valence-corrected chi connectivity index (χ0v) is 22.4. The summed E-state index contributed by atoms with van der Waals surface area (Å²) in [5.74, 6) is -0.996. The van der Waals surface area contributed by atoms with E-state index in [1.807, 2.05) is 24.3 Å². The first-order valence-corrected chi connectivity index (χ1v) is 13.0. The lowest BCUT2D eigenvalue weighted by Crippen LogP contribution is -2.34. The van der Waals surface area contributed by atoms with Crippen LogP contribution in [0.3, 0.4) is 0 Å². The number of anilines is 2. The summed E-state index contributed by atoms with van der Waals surface area (Å²) in [5, 5.41) is 5.75. The molecule has 0 aromatic heterocycles. The fourth-order valence-electron chi connectivity index (χ4n) is 4.57. The van der Waals surface area contributed by atoms with Crippen LogP contribution in [0.5, 0.6) is 0 Å². The quantitative estimate of drug-likeness (QED) is 0.197. The number of guanidine groups is 1. The molecule has 0 radical (unpaired) electrons. The molecule has 0 saturated carbocycles. The van der Waals surface area contributed by atoms with Crippen LogP contribution in [0.2, 0.25) is 0 Å². The fraction of sp³-hybridized carbons (Fsp3) is 0.233. The number of alkyl halides is 3. The normalized spacial score (nSPS) is 13.8. The fourth-order valence-corrected chi connectivity index (χ4v) is 4.57. The maximum atomic E-state index is 13.5. The number of nitrogens with two attached hydrogens (primary N) is 2. The number of aliphatic imine (C=N–C) groups is 1. The van der Waals surface area contributed by atoms with Gasteiger partial charge in [-0.1, -0.05) is 36.4 Å². The van der Waals surface area contributed by atoms with Crippen LogP contribution in [-0.2, 0) is 12.7 Å². The maximum Gasteiger partial charge on any atom is 0.416 e. The molecule has 0 atom stereocenters. The zero-order chi connectivity index (χ0) is 29.6. The molecular weight excluding hydrogens is 533 g/mol. The van der Waals surface area contributed by atoms with E-state index >= 15 is 0 Å². The number of halogens is 3. The molecule has 11 heteroatoms. The number of allylic oxidation sites excluding steroid dienone is 2. The Morgan fingerprint density at radius 2 is 1.73 bits per heavy atom. The van der Waals surface area contributed by atoms with Crippen LogP contribution >= 0.6 is 0 Å². The molecule has 1 aliphatic carbocycles. The number of urea groups is 1. The van der Waals surface area contributed by atoms with Gasteiger partial charge in [-0.15, -0.1) is 5.53 Å². The van der Waals surface area contributed by atoms with E-state index in [0.717, 1.165) is 37.3 Å². The van der Waals surface area contributed by atoms with Crippen molar-refractivity contribution in [3.05, 3.63) is 101 Å². The van der Waals surface area contributed by atoms with Gasteiger partial charge >= 0.3 is 12.2 Å². The minimum absolute atomic E-state index is 0.0172. The average molecular weight is 564 g/mol. The Hall–Kier alpha value is -4.80. The van der Waals surface area contributed by atoms with E-state index in [0.29, 0.717) is 11.3 Å². The summed E-state index contributed by atoms with van der Waals surface area (Å²) in [7, 11) is 0. The highest BCUT2D eigenvalue weighted by atomic mass is 19.4. The highest BCUT2D eigenvalue weighted by Gasteiger charge is 2.32. The number of benzene rings is 3. The third-order valence-electron chi connectivity index (χ3n) is 6.77. The molecule has 3 aromatic rings. The molecule has 3 amide bonds. The molecule has 0 heterocycles. The van der Waals surface area contributed by atoms with Crippen LogP contribution in [0.25, 0.3) is 5.57 Å². The van der Waals surface area contributed by atoms with Gasteiger partial charge < -0.3 is 11.1 Å². The Labute approximate surface area is 235 Å². The number of rotatable bonds is 6. The third kappa shape index (κ3) is 7.44. The molecule has 0 aliphatic heterocycles. The van der Waals surface area contributed by atoms with Gasteiger partial charge in [-0.25, -0.2) is 4.79 Å². The van der Waals surface area contributed by atoms with Crippen molar-refractivity contribution >= 4 is 34.8 Å². The molecule has 212 valence electrons. The molecule has 4 rings (SSSR count). The molecular formula is C30H30F3N6O2+. The monoisotopic (exact) mass is 563 g/mol. The number of aryl methyl sites for hydroxylation is 1. The van der Waals surface area contributed by atoms with Crippen LogP contribution in [0, 0.1) is 6.92 Å². The van der Waals surface area contributed by atoms with Gasteiger partial charge in [0.1, 0.15) is 0 Å². The lowest BCUT2D eigenvalue weighted by Gasteiger charge is -2.24. The number of hydrogen-bond acceptors (Lipinski definition) is 2. The number of nitrogens with zero attached hydrogens (tertiary/aromatic N) is 3. The van der Waals surface area contributed by atoms with Gasteiger partial charge in [0.25, 0.3) is 11.9 Å². The molecule has 0 fully saturated rings. The van der Waals surface area contributed by atoms with Crippen molar-refractivity contribution in [2.24, 2.45) is 15.8 Å². The lowest BCUT2D eigenvalue weighted by molar-refractivity contribution is -0.207. The first-order chi connectivity index (χ1) is 19.5. The second-order valence-corrected chi connectivity index (χ2v) is 9.67. The topological polar surface area (TPSA) is 126 Å². The van der Waals surface area contributed by atoms with Gasteiger partial charge in [0.15, 0.2) is 0 Å². The van der Waals surface area contributed by atoms with Crippen molar-refractivity contribution in [2.75, 3.05) is 10.2 Å². The van der Waals surface area contributed by atoms with Gasteiger partial charge in [-0.05, 0) is 91.3 Å². The molecule has 41 heavy (non-hydrogen) atoms. The van der Waals surface area contributed by atoms with Crippen LogP contribution in [0.4, 0.5) is 29.3 Å². The number of carbonyl (C=O) groups is 2. The van der Waals surface area contributed by atoms with E-state index in [-0.39, 0.29) is 29.3 Å². The van der Waals surface area contributed by atoms with Gasteiger partial charge in [-0.3, -0.25) is 9.69 Å². The van der Waals surface area contributed by atoms with Crippen molar-refractivity contribution in [3.8, 4) is 0 Å². The van der Waals surface area contributed by atoms with E-state index in [2.05, 4.69) is 21.5 Å². The lowest BCUT2D eigenvalue weighted by atomic mass is 9.93. The molecule has 0 unspecified atom stereocenters. The van der Waals surface area contributed by atoms with Crippen molar-refractivity contribution in [3.63, 3.8) is 0 Å². The summed E-state index contributed by atoms with van der Waals surface area (Å²) in [6, 6.07) is 16.9. The molecule has 8 nitrogen and oxygen atoms in total. The zero-order valence-electron chi connectivity index (χ0n) is 22.4. The predicted molar refractivity (Wildman–Crippen MR) is 151 cm³/mol. The number of amides is 3. The number of nitrogens with one attached hydrogen (secondary N) is 1. The van der Waals surface area contributed by atoms with E-state index in [9.17, 15) is 22.8 Å². The van der Waals surface area contributed by atoms with E-state index < -0.39 is 23.7 Å². The predicted octanol–water partition coefficient (Wildman–Crippen LogP) is 5.88. The van der Waals surface area contributed by atoms with Crippen molar-refractivity contribution in [2.45, 2.75) is 45.3 Å². The average Bonchev–Trinajstić information content (AvgIpc) is 2.97. The Bertz CT molecular complexity index is 1500. The second-order valence-electron chi connectivity index (χ2n) is 9.67. The van der Waals surface area contributed by atoms with Crippen molar-refractivity contribution in [1.82, 2.24) is 0 Å². The summed E-state index contributed by atoms with van der Waals surface area (Å²) in [4.78, 5) is 30.7. The Morgan fingerprint density at radius 3 is 2.34 bits per heavy atom. The van der Waals surface area contributed by atoms with Gasteiger partial charge in [0.05, 0.1) is 12.1 Å². The second kappa shape index (κ2) is 12.6. The smallest absolute Gasteiger partial charge is 0.363 e.